The number of hydrogen-bond donors (Lipinski definition) is 1. The number of carbonyl (C=O) groups excluding carboxylic acids is 1. The van der Waals surface area contributed by atoms with Gasteiger partial charge in [-0.25, -0.2) is 0 Å². The summed E-state index contributed by atoms with van der Waals surface area (Å²) in [7, 11) is 0. The number of carbonyl (C=O) groups is 1. The van der Waals surface area contributed by atoms with E-state index in [2.05, 4.69) is 6.92 Å². The van der Waals surface area contributed by atoms with Crippen molar-refractivity contribution in [2.45, 2.75) is 82.9 Å². The summed E-state index contributed by atoms with van der Waals surface area (Å²) in [5.74, 6) is -4.88. The monoisotopic (exact) mass is 420 g/mol. The molecule has 4 rings (SSSR count). The van der Waals surface area contributed by atoms with Crippen LogP contribution in [0.5, 0.6) is 0 Å². The minimum atomic E-state index is -5.77. The van der Waals surface area contributed by atoms with Gasteiger partial charge in [-0.05, 0) is 86.0 Å². The van der Waals surface area contributed by atoms with Crippen molar-refractivity contribution in [3.63, 3.8) is 0 Å². The fraction of sp³-hybridized carbons (Fsp3) is 0.864. The summed E-state index contributed by atoms with van der Waals surface area (Å²) in [4.78, 5) is 11.4. The summed E-state index contributed by atoms with van der Waals surface area (Å²) in [6, 6.07) is 0. The number of halogens is 5. The van der Waals surface area contributed by atoms with Gasteiger partial charge in [0.1, 0.15) is 11.9 Å². The molecule has 0 aromatic heterocycles. The number of fused-ring (bicyclic) bond motifs is 5. The van der Waals surface area contributed by atoms with E-state index >= 15 is 0 Å². The molecular formula is C22H29F5O2. The van der Waals surface area contributed by atoms with Gasteiger partial charge in [-0.3, -0.25) is 4.79 Å². The fourth-order valence-corrected chi connectivity index (χ4v) is 7.86. The number of aliphatic hydroxyl groups is 1. The van der Waals surface area contributed by atoms with Gasteiger partial charge in [0.25, 0.3) is 0 Å². The molecule has 4 aliphatic carbocycles. The summed E-state index contributed by atoms with van der Waals surface area (Å²) in [5, 5.41) is 10.9. The lowest BCUT2D eigenvalue weighted by Crippen LogP contribution is -2.65. The van der Waals surface area contributed by atoms with E-state index in [0.29, 0.717) is 18.8 Å². The van der Waals surface area contributed by atoms with E-state index in [1.54, 1.807) is 0 Å². The molecular weight excluding hydrogens is 391 g/mol. The van der Waals surface area contributed by atoms with E-state index in [4.69, 9.17) is 0 Å². The van der Waals surface area contributed by atoms with E-state index in [1.807, 2.05) is 6.08 Å². The Labute approximate surface area is 167 Å². The lowest BCUT2D eigenvalue weighted by Gasteiger charge is -2.61. The van der Waals surface area contributed by atoms with Crippen LogP contribution < -0.4 is 0 Å². The molecule has 29 heavy (non-hydrogen) atoms. The SMILES string of the molecule is C[C@]12CCC3C(CC[C@@H]4CC=C(C=O)C[C@]34C)C1CC[C@@]2(O)C(F)(F)C(F)(F)F. The van der Waals surface area contributed by atoms with Crippen LogP contribution in [0.4, 0.5) is 22.0 Å². The molecule has 0 saturated heterocycles. The first-order chi connectivity index (χ1) is 13.3. The van der Waals surface area contributed by atoms with Crippen LogP contribution in [0.2, 0.25) is 0 Å². The second-order valence-corrected chi connectivity index (χ2v) is 10.4. The number of hydrogen-bond acceptors (Lipinski definition) is 2. The van der Waals surface area contributed by atoms with Crippen molar-refractivity contribution in [3.05, 3.63) is 11.6 Å². The number of aldehydes is 1. The zero-order valence-electron chi connectivity index (χ0n) is 16.9. The second-order valence-electron chi connectivity index (χ2n) is 10.4. The minimum Gasteiger partial charge on any atom is -0.383 e. The molecule has 0 heterocycles. The smallest absolute Gasteiger partial charge is 0.383 e. The Morgan fingerprint density at radius 3 is 2.31 bits per heavy atom. The molecule has 3 fully saturated rings. The summed E-state index contributed by atoms with van der Waals surface area (Å²) in [6.07, 6.45) is 0.607. The maximum Gasteiger partial charge on any atom is 0.456 e. The van der Waals surface area contributed by atoms with Crippen LogP contribution in [0.3, 0.4) is 0 Å². The van der Waals surface area contributed by atoms with E-state index in [0.717, 1.165) is 31.1 Å². The van der Waals surface area contributed by atoms with Gasteiger partial charge in [0.15, 0.2) is 0 Å². The van der Waals surface area contributed by atoms with Crippen molar-refractivity contribution in [2.75, 3.05) is 0 Å². The maximum absolute atomic E-state index is 14.5. The van der Waals surface area contributed by atoms with Gasteiger partial charge in [-0.1, -0.05) is 19.9 Å². The molecule has 1 N–H and O–H groups in total. The van der Waals surface area contributed by atoms with Gasteiger partial charge in [0.2, 0.25) is 0 Å². The van der Waals surface area contributed by atoms with Gasteiger partial charge in [-0.2, -0.15) is 22.0 Å². The van der Waals surface area contributed by atoms with Gasteiger partial charge in [0.05, 0.1) is 0 Å². The quantitative estimate of drug-likeness (QED) is 0.460. The van der Waals surface area contributed by atoms with Crippen molar-refractivity contribution in [2.24, 2.45) is 34.5 Å². The molecule has 0 aromatic rings. The molecule has 3 unspecified atom stereocenters. The normalized spacial score (nSPS) is 47.7. The topological polar surface area (TPSA) is 37.3 Å². The Balaban J connectivity index is 1.68. The molecule has 3 saturated carbocycles. The van der Waals surface area contributed by atoms with Crippen LogP contribution in [0, 0.1) is 34.5 Å². The summed E-state index contributed by atoms with van der Waals surface area (Å²) in [6.45, 7) is 3.62. The maximum atomic E-state index is 14.5. The Morgan fingerprint density at radius 1 is 1.03 bits per heavy atom. The van der Waals surface area contributed by atoms with Gasteiger partial charge in [-0.15, -0.1) is 0 Å². The van der Waals surface area contributed by atoms with Crippen molar-refractivity contribution in [1.82, 2.24) is 0 Å². The summed E-state index contributed by atoms with van der Waals surface area (Å²) in [5.41, 5.74) is -3.90. The van der Waals surface area contributed by atoms with Crippen LogP contribution in [0.25, 0.3) is 0 Å². The molecule has 0 amide bonds. The van der Waals surface area contributed by atoms with E-state index < -0.39 is 29.5 Å². The van der Waals surface area contributed by atoms with Crippen LogP contribution in [-0.2, 0) is 4.79 Å². The predicted octanol–water partition coefficient (Wildman–Crippen LogP) is 5.69. The molecule has 7 atom stereocenters. The van der Waals surface area contributed by atoms with Crippen molar-refractivity contribution in [1.29, 1.82) is 0 Å². The molecule has 0 aromatic carbocycles. The van der Waals surface area contributed by atoms with Crippen molar-refractivity contribution < 1.29 is 31.9 Å². The van der Waals surface area contributed by atoms with Crippen LogP contribution in [-0.4, -0.2) is 29.1 Å². The third-order valence-corrected chi connectivity index (χ3v) is 9.49. The van der Waals surface area contributed by atoms with Crippen LogP contribution in [0.15, 0.2) is 11.6 Å². The first kappa shape index (κ1) is 21.3. The largest absolute Gasteiger partial charge is 0.456 e. The highest BCUT2D eigenvalue weighted by Gasteiger charge is 2.79. The van der Waals surface area contributed by atoms with Gasteiger partial charge < -0.3 is 5.11 Å². The summed E-state index contributed by atoms with van der Waals surface area (Å²) < 4.78 is 68.6. The van der Waals surface area contributed by atoms with Crippen LogP contribution in [0.1, 0.15) is 65.2 Å². The molecule has 7 heteroatoms. The van der Waals surface area contributed by atoms with Crippen molar-refractivity contribution in [3.8, 4) is 0 Å². The summed E-state index contributed by atoms with van der Waals surface area (Å²) >= 11 is 0. The van der Waals surface area contributed by atoms with Crippen LogP contribution >= 0.6 is 0 Å². The average Bonchev–Trinajstić information content (AvgIpc) is 2.92. The Morgan fingerprint density at radius 2 is 1.69 bits per heavy atom. The van der Waals surface area contributed by atoms with Crippen molar-refractivity contribution >= 4 is 6.29 Å². The highest BCUT2D eigenvalue weighted by Crippen LogP contribution is 2.71. The standard InChI is InChI=1S/C22H29F5O2/c1-18-11-13(12-28)3-4-14(18)5-6-15-16(18)7-9-19(2)17(15)8-10-20(19,29)21(23,24)22(25,26)27/h3,12,14-17,29H,4-11H2,1-2H3/t14-,15?,16?,17?,18-,19-,20-/m0/s1. The van der Waals surface area contributed by atoms with E-state index in [-0.39, 0.29) is 36.0 Å². The second kappa shape index (κ2) is 6.27. The van der Waals surface area contributed by atoms with E-state index in [1.165, 1.54) is 6.92 Å². The number of allylic oxidation sites excluding steroid dienone is 2. The minimum absolute atomic E-state index is 0.0130. The third-order valence-electron chi connectivity index (χ3n) is 9.49. The number of rotatable bonds is 2. The zero-order chi connectivity index (χ0) is 21.5. The fourth-order valence-electron chi connectivity index (χ4n) is 7.86. The highest BCUT2D eigenvalue weighted by atomic mass is 19.4. The van der Waals surface area contributed by atoms with E-state index in [9.17, 15) is 31.9 Å². The molecule has 2 nitrogen and oxygen atoms in total. The highest BCUT2D eigenvalue weighted by molar-refractivity contribution is 5.73. The molecule has 0 radical (unpaired) electrons. The lowest BCUT2D eigenvalue weighted by atomic mass is 9.44. The molecule has 164 valence electrons. The Bertz CT molecular complexity index is 731. The Hall–Kier alpha value is -0.980. The first-order valence-electron chi connectivity index (χ1n) is 10.6. The average molecular weight is 420 g/mol. The Kier molecular flexibility index (Phi) is 4.60. The zero-order valence-corrected chi connectivity index (χ0v) is 16.9. The van der Waals surface area contributed by atoms with Gasteiger partial charge >= 0.3 is 12.1 Å². The molecule has 0 spiro atoms. The molecule has 0 bridgehead atoms. The number of alkyl halides is 5. The lowest BCUT2D eigenvalue weighted by molar-refractivity contribution is -0.364. The van der Waals surface area contributed by atoms with Gasteiger partial charge in [0, 0.05) is 5.41 Å². The molecule has 4 aliphatic rings. The predicted molar refractivity (Wildman–Crippen MR) is 97.2 cm³/mol. The first-order valence-corrected chi connectivity index (χ1v) is 10.6. The third kappa shape index (κ3) is 2.58. The molecule has 0 aliphatic heterocycles.